The van der Waals surface area contributed by atoms with Gasteiger partial charge in [-0.2, -0.15) is 0 Å². The van der Waals surface area contributed by atoms with Gasteiger partial charge in [0.1, 0.15) is 0 Å². The second kappa shape index (κ2) is 7.26. The van der Waals surface area contributed by atoms with E-state index >= 15 is 0 Å². The molecule has 0 atom stereocenters. The summed E-state index contributed by atoms with van der Waals surface area (Å²) in [5.41, 5.74) is 4.67. The van der Waals surface area contributed by atoms with Gasteiger partial charge in [-0.1, -0.05) is 29.8 Å². The van der Waals surface area contributed by atoms with Crippen LogP contribution in [0.15, 0.2) is 59.7 Å². The number of nitrogens with zero attached hydrogens (tertiary/aromatic N) is 1. The molecule has 0 N–H and O–H groups in total. The van der Waals surface area contributed by atoms with E-state index in [0.29, 0.717) is 0 Å². The third-order valence-corrected chi connectivity index (χ3v) is 4.34. The van der Waals surface area contributed by atoms with Gasteiger partial charge in [-0.05, 0) is 61.6 Å². The number of rotatable bonds is 3. The summed E-state index contributed by atoms with van der Waals surface area (Å²) in [4.78, 5) is 23.0. The SMILES string of the molecule is Cc1ccc(/C=C2/CCCC(=Cc3ccc([N+](=O)[O-])cc3)C2=O)cc1. The molecule has 3 rings (SSSR count). The molecule has 1 saturated carbocycles. The Morgan fingerprint density at radius 2 is 1.36 bits per heavy atom. The van der Waals surface area contributed by atoms with Gasteiger partial charge in [-0.15, -0.1) is 0 Å². The normalized spacial score (nSPS) is 17.9. The molecule has 25 heavy (non-hydrogen) atoms. The Bertz CT molecular complexity index is 859. The number of ketones is 1. The second-order valence-electron chi connectivity index (χ2n) is 6.28. The van der Waals surface area contributed by atoms with E-state index in [0.717, 1.165) is 41.5 Å². The van der Waals surface area contributed by atoms with Gasteiger partial charge in [0, 0.05) is 23.3 Å². The molecule has 0 amide bonds. The highest BCUT2D eigenvalue weighted by Gasteiger charge is 2.20. The first-order chi connectivity index (χ1) is 12.0. The predicted octanol–water partition coefficient (Wildman–Crippen LogP) is 5.12. The van der Waals surface area contributed by atoms with Gasteiger partial charge in [0.15, 0.2) is 5.78 Å². The highest BCUT2D eigenvalue weighted by atomic mass is 16.6. The van der Waals surface area contributed by atoms with Crippen LogP contribution in [0.5, 0.6) is 0 Å². The van der Waals surface area contributed by atoms with Crippen LogP contribution in [0, 0.1) is 17.0 Å². The first kappa shape index (κ1) is 16.8. The molecule has 4 heteroatoms. The number of aryl methyl sites for hydroxylation is 1. The van der Waals surface area contributed by atoms with Crippen LogP contribution in [0.4, 0.5) is 5.69 Å². The molecule has 0 aliphatic heterocycles. The van der Waals surface area contributed by atoms with E-state index in [2.05, 4.69) is 0 Å². The summed E-state index contributed by atoms with van der Waals surface area (Å²) in [6, 6.07) is 14.4. The number of hydrogen-bond acceptors (Lipinski definition) is 3. The molecule has 1 aliphatic carbocycles. The lowest BCUT2D eigenvalue weighted by Gasteiger charge is -2.16. The van der Waals surface area contributed by atoms with Crippen molar-refractivity contribution in [3.63, 3.8) is 0 Å². The molecule has 1 aliphatic rings. The summed E-state index contributed by atoms with van der Waals surface area (Å²) < 4.78 is 0. The van der Waals surface area contributed by atoms with E-state index in [1.54, 1.807) is 12.1 Å². The first-order valence-corrected chi connectivity index (χ1v) is 8.30. The minimum atomic E-state index is -0.425. The van der Waals surface area contributed by atoms with E-state index in [-0.39, 0.29) is 11.5 Å². The molecule has 0 spiro atoms. The average molecular weight is 333 g/mol. The topological polar surface area (TPSA) is 60.2 Å². The molecule has 2 aromatic rings. The molecule has 4 nitrogen and oxygen atoms in total. The Morgan fingerprint density at radius 3 is 1.84 bits per heavy atom. The molecular weight excluding hydrogens is 314 g/mol. The van der Waals surface area contributed by atoms with Crippen molar-refractivity contribution in [1.82, 2.24) is 0 Å². The van der Waals surface area contributed by atoms with Crippen molar-refractivity contribution < 1.29 is 9.72 Å². The third kappa shape index (κ3) is 4.10. The van der Waals surface area contributed by atoms with Crippen molar-refractivity contribution in [3.05, 3.63) is 86.5 Å². The van der Waals surface area contributed by atoms with Gasteiger partial charge in [-0.25, -0.2) is 0 Å². The van der Waals surface area contributed by atoms with Crippen molar-refractivity contribution in [2.24, 2.45) is 0 Å². The average Bonchev–Trinajstić information content (AvgIpc) is 2.61. The number of carbonyl (C=O) groups excluding carboxylic acids is 1. The zero-order valence-corrected chi connectivity index (χ0v) is 14.1. The molecule has 0 aromatic heterocycles. The maximum Gasteiger partial charge on any atom is 0.269 e. The van der Waals surface area contributed by atoms with Crippen LogP contribution in [0.1, 0.15) is 36.0 Å². The number of Topliss-reactive ketones (excluding diaryl/α,β-unsaturated/α-hetero) is 1. The minimum Gasteiger partial charge on any atom is -0.289 e. The van der Waals surface area contributed by atoms with E-state index in [9.17, 15) is 14.9 Å². The molecular formula is C21H19NO3. The second-order valence-corrected chi connectivity index (χ2v) is 6.28. The molecule has 1 fully saturated rings. The maximum absolute atomic E-state index is 12.7. The van der Waals surface area contributed by atoms with E-state index in [1.165, 1.54) is 17.7 Å². The Morgan fingerprint density at radius 1 is 0.880 bits per heavy atom. The van der Waals surface area contributed by atoms with Crippen molar-refractivity contribution in [2.45, 2.75) is 26.2 Å². The Hall–Kier alpha value is -3.01. The summed E-state index contributed by atoms with van der Waals surface area (Å²) in [6.45, 7) is 2.04. The van der Waals surface area contributed by atoms with Crippen molar-refractivity contribution >= 4 is 23.6 Å². The van der Waals surface area contributed by atoms with Gasteiger partial charge >= 0.3 is 0 Å². The number of nitro benzene ring substituents is 1. The maximum atomic E-state index is 12.7. The van der Waals surface area contributed by atoms with E-state index in [1.807, 2.05) is 43.3 Å². The monoisotopic (exact) mass is 333 g/mol. The van der Waals surface area contributed by atoms with Crippen LogP contribution in [0.3, 0.4) is 0 Å². The zero-order valence-electron chi connectivity index (χ0n) is 14.1. The number of nitro groups is 1. The Balaban J connectivity index is 1.84. The fraction of sp³-hybridized carbons (Fsp3) is 0.190. The highest BCUT2D eigenvalue weighted by molar-refractivity contribution is 6.13. The lowest BCUT2D eigenvalue weighted by molar-refractivity contribution is -0.384. The predicted molar refractivity (Wildman–Crippen MR) is 99.1 cm³/mol. The first-order valence-electron chi connectivity index (χ1n) is 8.30. The van der Waals surface area contributed by atoms with Crippen LogP contribution in [-0.2, 0) is 4.79 Å². The summed E-state index contributed by atoms with van der Waals surface area (Å²) in [7, 11) is 0. The fourth-order valence-electron chi connectivity index (χ4n) is 2.94. The number of carbonyl (C=O) groups is 1. The fourth-order valence-corrected chi connectivity index (χ4v) is 2.94. The molecule has 0 heterocycles. The van der Waals surface area contributed by atoms with Gasteiger partial charge in [0.05, 0.1) is 4.92 Å². The lowest BCUT2D eigenvalue weighted by Crippen LogP contribution is -2.12. The van der Waals surface area contributed by atoms with Gasteiger partial charge < -0.3 is 0 Å². The van der Waals surface area contributed by atoms with Crippen LogP contribution >= 0.6 is 0 Å². The van der Waals surface area contributed by atoms with E-state index in [4.69, 9.17) is 0 Å². The van der Waals surface area contributed by atoms with Gasteiger partial charge in [-0.3, -0.25) is 14.9 Å². The van der Waals surface area contributed by atoms with Crippen LogP contribution in [-0.4, -0.2) is 10.7 Å². The number of allylic oxidation sites excluding steroid dienone is 2. The van der Waals surface area contributed by atoms with E-state index < -0.39 is 4.92 Å². The smallest absolute Gasteiger partial charge is 0.269 e. The van der Waals surface area contributed by atoms with Crippen molar-refractivity contribution in [3.8, 4) is 0 Å². The highest BCUT2D eigenvalue weighted by Crippen LogP contribution is 2.28. The molecule has 126 valence electrons. The molecule has 0 saturated heterocycles. The molecule has 2 aromatic carbocycles. The molecule has 0 bridgehead atoms. The summed E-state index contributed by atoms with van der Waals surface area (Å²) in [6.07, 6.45) is 6.26. The quantitative estimate of drug-likeness (QED) is 0.445. The summed E-state index contributed by atoms with van der Waals surface area (Å²) >= 11 is 0. The Labute approximate surface area is 146 Å². The zero-order chi connectivity index (χ0) is 17.8. The van der Waals surface area contributed by atoms with Crippen LogP contribution < -0.4 is 0 Å². The van der Waals surface area contributed by atoms with Gasteiger partial charge in [0.2, 0.25) is 0 Å². The summed E-state index contributed by atoms with van der Waals surface area (Å²) in [5.74, 6) is 0.0742. The van der Waals surface area contributed by atoms with Crippen LogP contribution in [0.25, 0.3) is 12.2 Å². The minimum absolute atomic E-state index is 0.0528. The summed E-state index contributed by atoms with van der Waals surface area (Å²) in [5, 5.41) is 10.7. The number of hydrogen-bond donors (Lipinski definition) is 0. The number of non-ortho nitro benzene ring substituents is 1. The molecule has 0 unspecified atom stereocenters. The number of benzene rings is 2. The largest absolute Gasteiger partial charge is 0.289 e. The van der Waals surface area contributed by atoms with Crippen molar-refractivity contribution in [2.75, 3.05) is 0 Å². The van der Waals surface area contributed by atoms with Gasteiger partial charge in [0.25, 0.3) is 5.69 Å². The third-order valence-electron chi connectivity index (χ3n) is 4.34. The molecule has 0 radical (unpaired) electrons. The standard InChI is InChI=1S/C21H19NO3/c1-15-5-7-16(8-6-15)13-18-3-2-4-19(21(18)23)14-17-9-11-20(12-10-17)22(24)25/h5-14H,2-4H2,1H3/b18-13-,19-14?. The lowest BCUT2D eigenvalue weighted by atomic mass is 9.87. The van der Waals surface area contributed by atoms with Crippen LogP contribution in [0.2, 0.25) is 0 Å². The van der Waals surface area contributed by atoms with Crippen molar-refractivity contribution in [1.29, 1.82) is 0 Å². The Kier molecular flexibility index (Phi) is 4.89.